The van der Waals surface area contributed by atoms with Gasteiger partial charge in [-0.05, 0) is 41.8 Å². The zero-order valence-electron chi connectivity index (χ0n) is 15.1. The highest BCUT2D eigenvalue weighted by Gasteiger charge is 2.16. The van der Waals surface area contributed by atoms with Gasteiger partial charge in [0.05, 0.1) is 17.9 Å². The third-order valence-corrected chi connectivity index (χ3v) is 5.34. The van der Waals surface area contributed by atoms with Gasteiger partial charge < -0.3 is 19.5 Å². The van der Waals surface area contributed by atoms with Crippen LogP contribution in [-0.4, -0.2) is 38.5 Å². The molecule has 7 heteroatoms. The van der Waals surface area contributed by atoms with Crippen LogP contribution in [0.5, 0.6) is 17.2 Å². The number of hydrogen-bond donors (Lipinski definition) is 1. The Bertz CT molecular complexity index is 782. The summed E-state index contributed by atoms with van der Waals surface area (Å²) < 4.78 is 16.2. The summed E-state index contributed by atoms with van der Waals surface area (Å²) in [5, 5.41) is 3.49. The number of amides is 1. The lowest BCUT2D eigenvalue weighted by atomic mass is 10.1. The van der Waals surface area contributed by atoms with Gasteiger partial charge in [0, 0.05) is 12.3 Å². The van der Waals surface area contributed by atoms with Crippen LogP contribution in [0.25, 0.3) is 0 Å². The molecule has 1 N–H and O–H groups in total. The first-order valence-electron chi connectivity index (χ1n) is 8.71. The lowest BCUT2D eigenvalue weighted by molar-refractivity contribution is -0.118. The van der Waals surface area contributed by atoms with E-state index < -0.39 is 0 Å². The number of ether oxygens (including phenoxy) is 3. The van der Waals surface area contributed by atoms with Gasteiger partial charge in [0.1, 0.15) is 19.0 Å². The van der Waals surface area contributed by atoms with Crippen LogP contribution in [0.4, 0.5) is 0 Å². The van der Waals surface area contributed by atoms with E-state index in [4.69, 9.17) is 25.8 Å². The summed E-state index contributed by atoms with van der Waals surface area (Å²) in [4.78, 5) is 12.0. The number of carbonyl (C=O) groups excluding carboxylic acids is 1. The number of benzene rings is 2. The zero-order valence-corrected chi connectivity index (χ0v) is 16.7. The Morgan fingerprint density at radius 2 is 1.96 bits per heavy atom. The van der Waals surface area contributed by atoms with Crippen molar-refractivity contribution < 1.29 is 19.0 Å². The first kappa shape index (κ1) is 19.7. The summed E-state index contributed by atoms with van der Waals surface area (Å²) in [7, 11) is 1.64. The fraction of sp³-hybridized carbons (Fsp3) is 0.350. The summed E-state index contributed by atoms with van der Waals surface area (Å²) in [6, 6.07) is 11.6. The normalized spacial score (nSPS) is 12.5. The van der Waals surface area contributed by atoms with E-state index in [0.29, 0.717) is 47.8 Å². The highest BCUT2D eigenvalue weighted by molar-refractivity contribution is 7.99. The molecule has 27 heavy (non-hydrogen) atoms. The maximum atomic E-state index is 12.0. The summed E-state index contributed by atoms with van der Waals surface area (Å²) in [5.74, 6) is 3.22. The number of hydrogen-bond acceptors (Lipinski definition) is 5. The molecule has 0 fully saturated rings. The molecule has 1 heterocycles. The minimum atomic E-state index is 0.0251. The lowest BCUT2D eigenvalue weighted by Gasteiger charge is -2.20. The molecule has 1 amide bonds. The Morgan fingerprint density at radius 1 is 1.19 bits per heavy atom. The topological polar surface area (TPSA) is 56.8 Å². The van der Waals surface area contributed by atoms with E-state index in [-0.39, 0.29) is 5.91 Å². The number of carbonyl (C=O) groups is 1. The van der Waals surface area contributed by atoms with Gasteiger partial charge in [-0.1, -0.05) is 23.7 Å². The van der Waals surface area contributed by atoms with Crippen molar-refractivity contribution in [2.45, 2.75) is 12.2 Å². The van der Waals surface area contributed by atoms with Crippen molar-refractivity contribution in [3.8, 4) is 17.2 Å². The standard InChI is InChI=1S/C20H22ClNO4S/c1-24-16-4-2-14(3-5-16)6-7-22-19(23)13-27-12-15-10-17(21)20-18(11-15)25-8-9-26-20/h2-5,10-11H,6-9,12-13H2,1H3,(H,22,23). The molecule has 0 saturated carbocycles. The number of nitrogens with one attached hydrogen (secondary N) is 1. The summed E-state index contributed by atoms with van der Waals surface area (Å²) in [6.45, 7) is 1.65. The van der Waals surface area contributed by atoms with Gasteiger partial charge in [0.15, 0.2) is 11.5 Å². The van der Waals surface area contributed by atoms with Crippen molar-refractivity contribution in [3.63, 3.8) is 0 Å². The van der Waals surface area contributed by atoms with Crippen LogP contribution in [0.3, 0.4) is 0 Å². The quantitative estimate of drug-likeness (QED) is 0.722. The first-order valence-corrected chi connectivity index (χ1v) is 10.2. The maximum Gasteiger partial charge on any atom is 0.230 e. The Labute approximate surface area is 168 Å². The largest absolute Gasteiger partial charge is 0.497 e. The van der Waals surface area contributed by atoms with E-state index in [1.165, 1.54) is 0 Å². The SMILES string of the molecule is COc1ccc(CCNC(=O)CSCc2cc(Cl)c3c(c2)OCCO3)cc1. The number of rotatable bonds is 8. The Kier molecular flexibility index (Phi) is 7.12. The van der Waals surface area contributed by atoms with Crippen LogP contribution in [0.15, 0.2) is 36.4 Å². The fourth-order valence-electron chi connectivity index (χ4n) is 2.70. The minimum Gasteiger partial charge on any atom is -0.497 e. The van der Waals surface area contributed by atoms with Gasteiger partial charge in [-0.25, -0.2) is 0 Å². The number of methoxy groups -OCH3 is 1. The van der Waals surface area contributed by atoms with Gasteiger partial charge in [0.25, 0.3) is 0 Å². The molecule has 0 atom stereocenters. The van der Waals surface area contributed by atoms with Crippen LogP contribution in [0.2, 0.25) is 5.02 Å². The molecule has 0 aliphatic carbocycles. The molecule has 3 rings (SSSR count). The number of thioether (sulfide) groups is 1. The molecule has 1 aliphatic rings. The summed E-state index contributed by atoms with van der Waals surface area (Å²) in [5.41, 5.74) is 2.18. The average Bonchev–Trinajstić information content (AvgIpc) is 2.68. The maximum absolute atomic E-state index is 12.0. The van der Waals surface area contributed by atoms with Gasteiger partial charge >= 0.3 is 0 Å². The third-order valence-electron chi connectivity index (χ3n) is 4.05. The smallest absolute Gasteiger partial charge is 0.230 e. The van der Waals surface area contributed by atoms with E-state index in [0.717, 1.165) is 23.3 Å². The van der Waals surface area contributed by atoms with Crippen molar-refractivity contribution in [3.05, 3.63) is 52.5 Å². The Balaban J connectivity index is 1.38. The summed E-state index contributed by atoms with van der Waals surface area (Å²) >= 11 is 7.77. The number of halogens is 1. The predicted molar refractivity (Wildman–Crippen MR) is 108 cm³/mol. The molecular formula is C20H22ClNO4S. The molecule has 2 aromatic rings. The van der Waals surface area contributed by atoms with E-state index in [9.17, 15) is 4.79 Å². The van der Waals surface area contributed by atoms with E-state index in [2.05, 4.69) is 5.32 Å². The predicted octanol–water partition coefficient (Wildman–Crippen LogP) is 3.71. The van der Waals surface area contributed by atoms with Crippen LogP contribution in [0.1, 0.15) is 11.1 Å². The lowest BCUT2D eigenvalue weighted by Crippen LogP contribution is -2.27. The molecule has 0 aromatic heterocycles. The first-order chi connectivity index (χ1) is 13.2. The highest BCUT2D eigenvalue weighted by Crippen LogP contribution is 2.39. The second kappa shape index (κ2) is 9.76. The second-order valence-electron chi connectivity index (χ2n) is 6.04. The van der Waals surface area contributed by atoms with Gasteiger partial charge in [0.2, 0.25) is 5.91 Å². The molecule has 0 saturated heterocycles. The molecule has 2 aromatic carbocycles. The van der Waals surface area contributed by atoms with Gasteiger partial charge in [-0.2, -0.15) is 0 Å². The van der Waals surface area contributed by atoms with Crippen molar-refractivity contribution in [2.24, 2.45) is 0 Å². The Morgan fingerprint density at radius 3 is 2.74 bits per heavy atom. The van der Waals surface area contributed by atoms with Gasteiger partial charge in [-0.15, -0.1) is 11.8 Å². The third kappa shape index (κ3) is 5.71. The van der Waals surface area contributed by atoms with Crippen LogP contribution in [0, 0.1) is 0 Å². The van der Waals surface area contributed by atoms with Crippen LogP contribution >= 0.6 is 23.4 Å². The fourth-order valence-corrected chi connectivity index (χ4v) is 3.78. The molecule has 5 nitrogen and oxygen atoms in total. The molecule has 144 valence electrons. The van der Waals surface area contributed by atoms with Crippen molar-refractivity contribution in [1.82, 2.24) is 5.32 Å². The van der Waals surface area contributed by atoms with Crippen molar-refractivity contribution >= 4 is 29.3 Å². The van der Waals surface area contributed by atoms with Crippen molar-refractivity contribution in [1.29, 1.82) is 0 Å². The van der Waals surface area contributed by atoms with Gasteiger partial charge in [-0.3, -0.25) is 4.79 Å². The average molecular weight is 408 g/mol. The molecule has 0 bridgehead atoms. The molecule has 1 aliphatic heterocycles. The van der Waals surface area contributed by atoms with E-state index >= 15 is 0 Å². The molecular weight excluding hydrogens is 386 g/mol. The van der Waals surface area contributed by atoms with Crippen LogP contribution in [-0.2, 0) is 17.0 Å². The number of fused-ring (bicyclic) bond motifs is 1. The zero-order chi connectivity index (χ0) is 19.1. The second-order valence-corrected chi connectivity index (χ2v) is 7.44. The van der Waals surface area contributed by atoms with E-state index in [1.807, 2.05) is 36.4 Å². The highest BCUT2D eigenvalue weighted by atomic mass is 35.5. The summed E-state index contributed by atoms with van der Waals surface area (Å²) in [6.07, 6.45) is 0.790. The van der Waals surface area contributed by atoms with E-state index in [1.54, 1.807) is 18.9 Å². The molecule has 0 unspecified atom stereocenters. The molecule has 0 radical (unpaired) electrons. The Hall–Kier alpha value is -2.05. The van der Waals surface area contributed by atoms with Crippen molar-refractivity contribution in [2.75, 3.05) is 32.6 Å². The molecule has 0 spiro atoms. The monoisotopic (exact) mass is 407 g/mol. The van der Waals surface area contributed by atoms with Crippen LogP contribution < -0.4 is 19.5 Å². The minimum absolute atomic E-state index is 0.0251.